The topological polar surface area (TPSA) is 46.2 Å². The van der Waals surface area contributed by atoms with Crippen molar-refractivity contribution < 1.29 is 9.50 Å². The number of rotatable bonds is 1. The van der Waals surface area contributed by atoms with E-state index in [1.165, 1.54) is 0 Å². The molecule has 4 bridgehead atoms. The lowest BCUT2D eigenvalue weighted by atomic mass is 9.48. The van der Waals surface area contributed by atoms with Gasteiger partial charge in [-0.1, -0.05) is 0 Å². The van der Waals surface area contributed by atoms with Crippen LogP contribution >= 0.6 is 0 Å². The summed E-state index contributed by atoms with van der Waals surface area (Å²) in [7, 11) is 0. The number of hydrogen-bond acceptors (Lipinski definition) is 2. The standard InChI is InChI=1S/C11H18FNO/c12-5-9-7-1-6-2-8(9)10(13)11(14,3-6)4-7/h6-10,14H,1-5,13H2. The van der Waals surface area contributed by atoms with Gasteiger partial charge < -0.3 is 10.8 Å². The molecule has 0 amide bonds. The van der Waals surface area contributed by atoms with Crippen LogP contribution in [0.5, 0.6) is 0 Å². The van der Waals surface area contributed by atoms with Crippen LogP contribution in [-0.4, -0.2) is 23.4 Å². The first-order valence-corrected chi connectivity index (χ1v) is 5.68. The minimum Gasteiger partial charge on any atom is -0.388 e. The monoisotopic (exact) mass is 199 g/mol. The van der Waals surface area contributed by atoms with Gasteiger partial charge in [0.1, 0.15) is 0 Å². The lowest BCUT2D eigenvalue weighted by Gasteiger charge is -2.60. The molecule has 0 aromatic carbocycles. The number of hydrogen-bond donors (Lipinski definition) is 2. The van der Waals surface area contributed by atoms with Crippen LogP contribution in [0.3, 0.4) is 0 Å². The normalized spacial score (nSPS) is 60.6. The van der Waals surface area contributed by atoms with E-state index >= 15 is 0 Å². The molecule has 0 spiro atoms. The second-order valence-corrected chi connectivity index (χ2v) is 5.62. The Hall–Kier alpha value is -0.150. The van der Waals surface area contributed by atoms with Crippen LogP contribution in [0.4, 0.5) is 4.39 Å². The Labute approximate surface area is 83.7 Å². The predicted octanol–water partition coefficient (Wildman–Crippen LogP) is 1.08. The Morgan fingerprint density at radius 3 is 2.86 bits per heavy atom. The van der Waals surface area contributed by atoms with Crippen LogP contribution in [0.25, 0.3) is 0 Å². The van der Waals surface area contributed by atoms with Crippen LogP contribution in [0.15, 0.2) is 0 Å². The van der Waals surface area contributed by atoms with Crippen molar-refractivity contribution in [2.75, 3.05) is 6.67 Å². The minimum absolute atomic E-state index is 0.141. The smallest absolute Gasteiger partial charge is 0.0928 e. The summed E-state index contributed by atoms with van der Waals surface area (Å²) in [5, 5.41) is 10.3. The Morgan fingerprint density at radius 1 is 1.36 bits per heavy atom. The molecular weight excluding hydrogens is 181 g/mol. The van der Waals surface area contributed by atoms with Gasteiger partial charge in [0, 0.05) is 6.04 Å². The Bertz CT molecular complexity index is 258. The molecule has 4 fully saturated rings. The summed E-state index contributed by atoms with van der Waals surface area (Å²) in [5.41, 5.74) is 5.40. The molecule has 3 N–H and O–H groups in total. The van der Waals surface area contributed by atoms with Crippen molar-refractivity contribution in [3.05, 3.63) is 0 Å². The molecule has 4 aliphatic carbocycles. The number of alkyl halides is 1. The molecule has 0 aliphatic heterocycles. The van der Waals surface area contributed by atoms with Crippen molar-refractivity contribution in [1.82, 2.24) is 0 Å². The average molecular weight is 199 g/mol. The van der Waals surface area contributed by atoms with Gasteiger partial charge in [0.25, 0.3) is 0 Å². The highest BCUT2D eigenvalue weighted by Crippen LogP contribution is 2.57. The van der Waals surface area contributed by atoms with Crippen molar-refractivity contribution in [2.45, 2.75) is 37.3 Å². The fraction of sp³-hybridized carbons (Fsp3) is 1.00. The SMILES string of the molecule is NC1C2CC3CC(CC1(O)C3)C2CF. The van der Waals surface area contributed by atoms with E-state index in [1.54, 1.807) is 0 Å². The molecule has 4 saturated carbocycles. The number of nitrogens with two attached hydrogens (primary N) is 1. The first-order valence-electron chi connectivity index (χ1n) is 5.68. The quantitative estimate of drug-likeness (QED) is 0.664. The van der Waals surface area contributed by atoms with E-state index in [0.29, 0.717) is 11.8 Å². The molecule has 80 valence electrons. The molecule has 0 saturated heterocycles. The van der Waals surface area contributed by atoms with Crippen LogP contribution in [0, 0.1) is 23.7 Å². The summed E-state index contributed by atoms with van der Waals surface area (Å²) in [6.45, 7) is -0.244. The van der Waals surface area contributed by atoms with Crippen LogP contribution < -0.4 is 5.73 Å². The second kappa shape index (κ2) is 2.70. The molecule has 0 heterocycles. The highest BCUT2D eigenvalue weighted by molar-refractivity contribution is 5.11. The zero-order valence-electron chi connectivity index (χ0n) is 8.32. The van der Waals surface area contributed by atoms with E-state index in [2.05, 4.69) is 0 Å². The number of aliphatic hydroxyl groups is 1. The van der Waals surface area contributed by atoms with E-state index < -0.39 is 5.60 Å². The molecular formula is C11H18FNO. The first-order chi connectivity index (χ1) is 6.64. The van der Waals surface area contributed by atoms with Crippen LogP contribution in [0.1, 0.15) is 25.7 Å². The Morgan fingerprint density at radius 2 is 2.14 bits per heavy atom. The minimum atomic E-state index is -0.651. The van der Waals surface area contributed by atoms with Crippen molar-refractivity contribution >= 4 is 0 Å². The van der Waals surface area contributed by atoms with Crippen LogP contribution in [0.2, 0.25) is 0 Å². The highest BCUT2D eigenvalue weighted by atomic mass is 19.1. The van der Waals surface area contributed by atoms with Gasteiger partial charge in [0.15, 0.2) is 0 Å². The summed E-state index contributed by atoms with van der Waals surface area (Å²) in [5.74, 6) is 1.41. The van der Waals surface area contributed by atoms with Crippen molar-refractivity contribution in [3.63, 3.8) is 0 Å². The van der Waals surface area contributed by atoms with E-state index in [-0.39, 0.29) is 24.6 Å². The average Bonchev–Trinajstić information content (AvgIpc) is 2.13. The highest BCUT2D eigenvalue weighted by Gasteiger charge is 2.59. The van der Waals surface area contributed by atoms with E-state index in [4.69, 9.17) is 5.73 Å². The van der Waals surface area contributed by atoms with Gasteiger partial charge in [0.05, 0.1) is 12.3 Å². The molecule has 4 aliphatic rings. The van der Waals surface area contributed by atoms with Gasteiger partial charge in [-0.25, -0.2) is 0 Å². The summed E-state index contributed by atoms with van der Waals surface area (Å²) < 4.78 is 12.9. The van der Waals surface area contributed by atoms with Crippen molar-refractivity contribution in [2.24, 2.45) is 29.4 Å². The molecule has 0 aromatic heterocycles. The van der Waals surface area contributed by atoms with Gasteiger partial charge in [-0.2, -0.15) is 0 Å². The van der Waals surface area contributed by atoms with Crippen molar-refractivity contribution in [1.29, 1.82) is 0 Å². The summed E-state index contributed by atoms with van der Waals surface area (Å²) in [4.78, 5) is 0. The van der Waals surface area contributed by atoms with Gasteiger partial charge in [0.2, 0.25) is 0 Å². The third-order valence-corrected chi connectivity index (χ3v) is 4.91. The Balaban J connectivity index is 1.95. The van der Waals surface area contributed by atoms with Gasteiger partial charge in [-0.15, -0.1) is 0 Å². The predicted molar refractivity (Wildman–Crippen MR) is 51.3 cm³/mol. The molecule has 3 heteroatoms. The zero-order chi connectivity index (χ0) is 9.92. The van der Waals surface area contributed by atoms with Gasteiger partial charge in [-0.05, 0) is 49.4 Å². The fourth-order valence-electron chi connectivity index (χ4n) is 4.37. The van der Waals surface area contributed by atoms with Crippen LogP contribution in [-0.2, 0) is 0 Å². The third kappa shape index (κ3) is 0.974. The van der Waals surface area contributed by atoms with E-state index in [9.17, 15) is 9.50 Å². The summed E-state index contributed by atoms with van der Waals surface area (Å²) in [6, 6.07) is -0.170. The second-order valence-electron chi connectivity index (χ2n) is 5.62. The van der Waals surface area contributed by atoms with Gasteiger partial charge in [-0.3, -0.25) is 4.39 Å². The van der Waals surface area contributed by atoms with Crippen molar-refractivity contribution in [3.8, 4) is 0 Å². The fourth-order valence-corrected chi connectivity index (χ4v) is 4.37. The maximum atomic E-state index is 12.9. The molecule has 6 unspecified atom stereocenters. The molecule has 0 radical (unpaired) electrons. The zero-order valence-corrected chi connectivity index (χ0v) is 8.32. The molecule has 14 heavy (non-hydrogen) atoms. The lowest BCUT2D eigenvalue weighted by Crippen LogP contribution is -2.67. The molecule has 6 atom stereocenters. The lowest BCUT2D eigenvalue weighted by molar-refractivity contribution is -0.168. The third-order valence-electron chi connectivity index (χ3n) is 4.91. The molecule has 2 nitrogen and oxygen atoms in total. The van der Waals surface area contributed by atoms with Gasteiger partial charge >= 0.3 is 0 Å². The van der Waals surface area contributed by atoms with E-state index in [1.807, 2.05) is 0 Å². The molecule has 4 rings (SSSR count). The largest absolute Gasteiger partial charge is 0.388 e. The summed E-state index contributed by atoms with van der Waals surface area (Å²) in [6.07, 6.45) is 3.78. The maximum absolute atomic E-state index is 12.9. The maximum Gasteiger partial charge on any atom is 0.0928 e. The first kappa shape index (κ1) is 9.10. The van der Waals surface area contributed by atoms with E-state index in [0.717, 1.165) is 25.7 Å². The summed E-state index contributed by atoms with van der Waals surface area (Å²) >= 11 is 0. The number of halogens is 1. The Kier molecular flexibility index (Phi) is 1.76. The molecule has 0 aromatic rings.